The van der Waals surface area contributed by atoms with Gasteiger partial charge in [0, 0.05) is 18.3 Å². The molecule has 0 radical (unpaired) electrons. The molecular formula is C17H25NOS. The predicted molar refractivity (Wildman–Crippen MR) is 87.0 cm³/mol. The molecule has 2 atom stereocenters. The summed E-state index contributed by atoms with van der Waals surface area (Å²) in [6.45, 7) is 6.14. The molecule has 0 spiro atoms. The molecule has 1 fully saturated rings. The van der Waals surface area contributed by atoms with Crippen molar-refractivity contribution < 1.29 is 4.79 Å². The molecule has 1 saturated heterocycles. The fourth-order valence-electron chi connectivity index (χ4n) is 2.72. The zero-order valence-corrected chi connectivity index (χ0v) is 13.4. The normalized spacial score (nSPS) is 19.2. The molecule has 0 aromatic heterocycles. The third kappa shape index (κ3) is 4.27. The molecule has 2 unspecified atom stereocenters. The molecule has 0 aliphatic carbocycles. The Kier molecular flexibility index (Phi) is 5.96. The quantitative estimate of drug-likeness (QED) is 0.825. The molecule has 1 aliphatic rings. The van der Waals surface area contributed by atoms with Gasteiger partial charge in [-0.1, -0.05) is 43.2 Å². The van der Waals surface area contributed by atoms with Crippen molar-refractivity contribution in [3.05, 3.63) is 35.9 Å². The first kappa shape index (κ1) is 15.4. The van der Waals surface area contributed by atoms with E-state index >= 15 is 0 Å². The van der Waals surface area contributed by atoms with E-state index in [2.05, 4.69) is 43.0 Å². The molecule has 2 nitrogen and oxygen atoms in total. The van der Waals surface area contributed by atoms with Gasteiger partial charge in [0.1, 0.15) is 0 Å². The van der Waals surface area contributed by atoms with Gasteiger partial charge in [0.15, 0.2) is 0 Å². The third-order valence-electron chi connectivity index (χ3n) is 3.94. The lowest BCUT2D eigenvalue weighted by Crippen LogP contribution is -2.37. The summed E-state index contributed by atoms with van der Waals surface area (Å²) in [7, 11) is 0. The van der Waals surface area contributed by atoms with Gasteiger partial charge in [0.05, 0.1) is 5.25 Å². The van der Waals surface area contributed by atoms with Crippen molar-refractivity contribution in [1.82, 2.24) is 4.90 Å². The van der Waals surface area contributed by atoms with E-state index in [1.165, 1.54) is 18.4 Å². The summed E-state index contributed by atoms with van der Waals surface area (Å²) < 4.78 is 0. The number of carbonyl (C=O) groups is 1. The molecule has 1 amide bonds. The molecule has 1 heterocycles. The minimum Gasteiger partial charge on any atom is -0.342 e. The molecule has 1 aromatic carbocycles. The number of likely N-dealkylation sites (tertiary alicyclic amines) is 1. The van der Waals surface area contributed by atoms with E-state index in [-0.39, 0.29) is 5.25 Å². The summed E-state index contributed by atoms with van der Waals surface area (Å²) in [5.41, 5.74) is 1.30. The van der Waals surface area contributed by atoms with Crippen LogP contribution in [0.1, 0.15) is 50.3 Å². The molecule has 20 heavy (non-hydrogen) atoms. The third-order valence-corrected chi connectivity index (χ3v) is 5.23. The van der Waals surface area contributed by atoms with Crippen LogP contribution < -0.4 is 0 Å². The molecule has 3 heteroatoms. The van der Waals surface area contributed by atoms with Gasteiger partial charge in [-0.3, -0.25) is 4.79 Å². The number of amides is 1. The highest BCUT2D eigenvalue weighted by Gasteiger charge is 2.23. The van der Waals surface area contributed by atoms with E-state index in [1.54, 1.807) is 11.8 Å². The molecule has 1 aliphatic heterocycles. The number of hydrogen-bond donors (Lipinski definition) is 0. The predicted octanol–water partition coefficient (Wildman–Crippen LogP) is 4.27. The summed E-state index contributed by atoms with van der Waals surface area (Å²) in [6, 6.07) is 10.4. The Morgan fingerprint density at radius 2 is 1.65 bits per heavy atom. The average Bonchev–Trinajstić information content (AvgIpc) is 2.76. The van der Waals surface area contributed by atoms with E-state index in [4.69, 9.17) is 0 Å². The number of hydrogen-bond acceptors (Lipinski definition) is 2. The van der Waals surface area contributed by atoms with Gasteiger partial charge < -0.3 is 4.90 Å². The molecule has 110 valence electrons. The van der Waals surface area contributed by atoms with Crippen LogP contribution in [0.25, 0.3) is 0 Å². The topological polar surface area (TPSA) is 20.3 Å². The fraction of sp³-hybridized carbons (Fsp3) is 0.588. The number of thioether (sulfide) groups is 1. The van der Waals surface area contributed by atoms with E-state index < -0.39 is 0 Å². The van der Waals surface area contributed by atoms with Crippen molar-refractivity contribution >= 4 is 17.7 Å². The summed E-state index contributed by atoms with van der Waals surface area (Å²) in [5, 5.41) is 0.408. The highest BCUT2D eigenvalue weighted by atomic mass is 32.2. The van der Waals surface area contributed by atoms with Crippen LogP contribution in [0.5, 0.6) is 0 Å². The minimum atomic E-state index is 0.0447. The second kappa shape index (κ2) is 7.72. The monoisotopic (exact) mass is 291 g/mol. The zero-order chi connectivity index (χ0) is 14.4. The smallest absolute Gasteiger partial charge is 0.235 e. The van der Waals surface area contributed by atoms with Gasteiger partial charge in [-0.15, -0.1) is 11.8 Å². The number of nitrogens with zero attached hydrogens (tertiary/aromatic N) is 1. The Morgan fingerprint density at radius 1 is 1.05 bits per heavy atom. The van der Waals surface area contributed by atoms with Crippen molar-refractivity contribution in [2.75, 3.05) is 13.1 Å². The van der Waals surface area contributed by atoms with Crippen LogP contribution in [0.2, 0.25) is 0 Å². The van der Waals surface area contributed by atoms with Gasteiger partial charge in [-0.2, -0.15) is 0 Å². The lowest BCUT2D eigenvalue weighted by Gasteiger charge is -2.25. The maximum absolute atomic E-state index is 12.5. The molecular weight excluding hydrogens is 266 g/mol. The minimum absolute atomic E-state index is 0.0447. The summed E-state index contributed by atoms with van der Waals surface area (Å²) >= 11 is 1.77. The van der Waals surface area contributed by atoms with Crippen LogP contribution in [-0.4, -0.2) is 29.1 Å². The maximum atomic E-state index is 12.5. The lowest BCUT2D eigenvalue weighted by molar-refractivity contribution is -0.130. The van der Waals surface area contributed by atoms with Crippen molar-refractivity contribution in [3.63, 3.8) is 0 Å². The van der Waals surface area contributed by atoms with Crippen LogP contribution in [0.4, 0.5) is 0 Å². The van der Waals surface area contributed by atoms with Gasteiger partial charge in [-0.25, -0.2) is 0 Å². The van der Waals surface area contributed by atoms with E-state index in [1.807, 2.05) is 6.07 Å². The van der Waals surface area contributed by atoms with Gasteiger partial charge in [0.25, 0.3) is 0 Å². The van der Waals surface area contributed by atoms with Crippen molar-refractivity contribution in [1.29, 1.82) is 0 Å². The summed E-state index contributed by atoms with van der Waals surface area (Å²) in [4.78, 5) is 14.6. The second-order valence-corrected chi connectivity index (χ2v) is 7.26. The first-order valence-corrected chi connectivity index (χ1v) is 8.62. The number of rotatable bonds is 4. The Labute approximate surface area is 126 Å². The molecule has 0 N–H and O–H groups in total. The fourth-order valence-corrected chi connectivity index (χ4v) is 3.91. The van der Waals surface area contributed by atoms with Crippen LogP contribution >= 0.6 is 11.8 Å². The van der Waals surface area contributed by atoms with Crippen LogP contribution in [0.3, 0.4) is 0 Å². The average molecular weight is 291 g/mol. The highest BCUT2D eigenvalue weighted by Crippen LogP contribution is 2.32. The Balaban J connectivity index is 1.90. The first-order chi connectivity index (χ1) is 9.68. The molecule has 0 bridgehead atoms. The number of carbonyl (C=O) groups excluding carboxylic acids is 1. The summed E-state index contributed by atoms with van der Waals surface area (Å²) in [5.74, 6) is 0.319. The number of benzene rings is 1. The largest absolute Gasteiger partial charge is 0.342 e. The van der Waals surface area contributed by atoms with Crippen molar-refractivity contribution in [2.45, 2.75) is 50.0 Å². The van der Waals surface area contributed by atoms with Gasteiger partial charge in [0.2, 0.25) is 5.91 Å². The maximum Gasteiger partial charge on any atom is 0.235 e. The SMILES string of the molecule is CC(SC(C)c1ccccc1)C(=O)N1CCCCCC1. The van der Waals surface area contributed by atoms with E-state index in [0.29, 0.717) is 11.2 Å². The van der Waals surface area contributed by atoms with Crippen molar-refractivity contribution in [2.24, 2.45) is 0 Å². The lowest BCUT2D eigenvalue weighted by atomic mass is 10.2. The molecule has 1 aromatic rings. The van der Waals surface area contributed by atoms with Gasteiger partial charge >= 0.3 is 0 Å². The van der Waals surface area contributed by atoms with Crippen LogP contribution in [0, 0.1) is 0 Å². The highest BCUT2D eigenvalue weighted by molar-refractivity contribution is 8.00. The Morgan fingerprint density at radius 3 is 2.25 bits per heavy atom. The second-order valence-electron chi connectivity index (χ2n) is 5.57. The zero-order valence-electron chi connectivity index (χ0n) is 12.5. The van der Waals surface area contributed by atoms with Crippen LogP contribution in [-0.2, 0) is 4.79 Å². The Hall–Kier alpha value is -0.960. The van der Waals surface area contributed by atoms with E-state index in [0.717, 1.165) is 25.9 Å². The molecule has 2 rings (SSSR count). The van der Waals surface area contributed by atoms with E-state index in [9.17, 15) is 4.79 Å². The summed E-state index contributed by atoms with van der Waals surface area (Å²) in [6.07, 6.45) is 4.87. The van der Waals surface area contributed by atoms with Crippen LogP contribution in [0.15, 0.2) is 30.3 Å². The Bertz CT molecular complexity index is 412. The first-order valence-electron chi connectivity index (χ1n) is 7.67. The van der Waals surface area contributed by atoms with Gasteiger partial charge in [-0.05, 0) is 32.3 Å². The van der Waals surface area contributed by atoms with Crippen molar-refractivity contribution in [3.8, 4) is 0 Å². The molecule has 0 saturated carbocycles. The standard InChI is InChI=1S/C17H25NOS/c1-14(16-10-6-5-7-11-16)20-15(2)17(19)18-12-8-3-4-9-13-18/h5-7,10-11,14-15H,3-4,8-9,12-13H2,1-2H3.